The largest absolute Gasteiger partial charge is 0.497 e. The fraction of sp³-hybridized carbons (Fsp3) is 0.158. The molecule has 28 heavy (non-hydrogen) atoms. The van der Waals surface area contributed by atoms with Gasteiger partial charge in [0.2, 0.25) is 11.9 Å². The van der Waals surface area contributed by atoms with Gasteiger partial charge >= 0.3 is 0 Å². The Hall–Kier alpha value is -3.39. The number of carbonyl (C=O) groups excluding carboxylic acids is 2. The molecule has 2 amide bonds. The van der Waals surface area contributed by atoms with E-state index in [-0.39, 0.29) is 18.2 Å². The summed E-state index contributed by atoms with van der Waals surface area (Å²) in [6, 6.07) is 13.2. The molecule has 3 aromatic rings. The number of fused-ring (bicyclic) bond motifs is 1. The van der Waals surface area contributed by atoms with Crippen LogP contribution in [0.3, 0.4) is 0 Å². The average Bonchev–Trinajstić information content (AvgIpc) is 3.22. The van der Waals surface area contributed by atoms with Gasteiger partial charge in [0, 0.05) is 16.3 Å². The second kappa shape index (κ2) is 7.32. The first-order chi connectivity index (χ1) is 13.5. The number of amides is 2. The van der Waals surface area contributed by atoms with Gasteiger partial charge in [-0.05, 0) is 48.5 Å². The van der Waals surface area contributed by atoms with Crippen molar-refractivity contribution in [2.24, 2.45) is 0 Å². The van der Waals surface area contributed by atoms with E-state index in [4.69, 9.17) is 16.3 Å². The minimum absolute atomic E-state index is 0.0626. The molecule has 0 fully saturated rings. The summed E-state index contributed by atoms with van der Waals surface area (Å²) in [7, 11) is 1.59. The third-order valence-corrected chi connectivity index (χ3v) is 4.57. The second-order valence-electron chi connectivity index (χ2n) is 6.20. The molecule has 9 heteroatoms. The smallest absolute Gasteiger partial charge is 0.252 e. The lowest BCUT2D eigenvalue weighted by molar-refractivity contribution is -0.123. The summed E-state index contributed by atoms with van der Waals surface area (Å²) in [6.07, 6.45) is -0.0626. The molecule has 0 bridgehead atoms. The minimum Gasteiger partial charge on any atom is -0.497 e. The highest BCUT2D eigenvalue weighted by molar-refractivity contribution is 6.30. The van der Waals surface area contributed by atoms with Gasteiger partial charge in [-0.15, -0.1) is 5.10 Å². The number of benzene rings is 2. The van der Waals surface area contributed by atoms with E-state index in [0.29, 0.717) is 22.5 Å². The van der Waals surface area contributed by atoms with Gasteiger partial charge in [0.15, 0.2) is 5.82 Å². The maximum absolute atomic E-state index is 12.4. The Morgan fingerprint density at radius 3 is 2.61 bits per heavy atom. The van der Waals surface area contributed by atoms with Gasteiger partial charge in [-0.2, -0.15) is 4.98 Å². The molecule has 4 rings (SSSR count). The summed E-state index contributed by atoms with van der Waals surface area (Å²) < 4.78 is 6.59. The Morgan fingerprint density at radius 1 is 1.21 bits per heavy atom. The van der Waals surface area contributed by atoms with E-state index >= 15 is 0 Å². The van der Waals surface area contributed by atoms with E-state index in [1.807, 2.05) is 12.1 Å². The summed E-state index contributed by atoms with van der Waals surface area (Å²) in [5.74, 6) is 0.876. The maximum atomic E-state index is 12.4. The quantitative estimate of drug-likeness (QED) is 0.689. The lowest BCUT2D eigenvalue weighted by atomic mass is 10.2. The van der Waals surface area contributed by atoms with Crippen LogP contribution in [0.15, 0.2) is 48.5 Å². The molecule has 1 atom stereocenters. The Balaban J connectivity index is 1.50. The van der Waals surface area contributed by atoms with Crippen molar-refractivity contribution in [1.29, 1.82) is 0 Å². The summed E-state index contributed by atoms with van der Waals surface area (Å²) in [5, 5.41) is 10.4. The molecule has 1 aromatic heterocycles. The summed E-state index contributed by atoms with van der Waals surface area (Å²) in [5.41, 5.74) is 1.38. The van der Waals surface area contributed by atoms with Gasteiger partial charge < -0.3 is 10.1 Å². The molecule has 0 aliphatic carbocycles. The molecule has 142 valence electrons. The highest BCUT2D eigenvalue weighted by atomic mass is 35.5. The van der Waals surface area contributed by atoms with E-state index in [2.05, 4.69) is 20.7 Å². The predicted octanol–water partition coefficient (Wildman–Crippen LogP) is 3.13. The van der Waals surface area contributed by atoms with Crippen LogP contribution in [0.4, 0.5) is 11.6 Å². The molecular weight excluding hydrogens is 382 g/mol. The van der Waals surface area contributed by atoms with Crippen molar-refractivity contribution in [2.45, 2.75) is 12.5 Å². The van der Waals surface area contributed by atoms with Crippen molar-refractivity contribution in [2.75, 3.05) is 17.7 Å². The first-order valence-corrected chi connectivity index (χ1v) is 8.88. The van der Waals surface area contributed by atoms with Crippen LogP contribution in [0.2, 0.25) is 5.02 Å². The first kappa shape index (κ1) is 18.0. The third kappa shape index (κ3) is 3.54. The van der Waals surface area contributed by atoms with Crippen molar-refractivity contribution >= 4 is 35.1 Å². The van der Waals surface area contributed by atoms with Gasteiger partial charge in [-0.25, -0.2) is 4.68 Å². The number of nitrogens with zero attached hydrogens (tertiary/aromatic N) is 3. The van der Waals surface area contributed by atoms with Gasteiger partial charge in [-0.1, -0.05) is 11.6 Å². The molecule has 2 aromatic carbocycles. The Kier molecular flexibility index (Phi) is 4.70. The second-order valence-corrected chi connectivity index (χ2v) is 6.63. The standard InChI is InChI=1S/C19H16ClN5O3/c1-28-14-8-2-11(3-9-14)17-22-19-23-18(27)15(25(19)24-17)10-16(26)21-13-6-4-12(20)5-7-13/h2-9,15H,10H2,1H3,(H,21,26)(H,22,23,24,27). The van der Waals surface area contributed by atoms with Gasteiger partial charge in [0.1, 0.15) is 11.8 Å². The molecule has 2 N–H and O–H groups in total. The summed E-state index contributed by atoms with van der Waals surface area (Å²) in [4.78, 5) is 28.9. The normalized spacial score (nSPS) is 15.1. The predicted molar refractivity (Wildman–Crippen MR) is 104 cm³/mol. The van der Waals surface area contributed by atoms with E-state index in [0.717, 1.165) is 11.3 Å². The molecule has 1 unspecified atom stereocenters. The molecule has 0 spiro atoms. The number of methoxy groups -OCH3 is 1. The summed E-state index contributed by atoms with van der Waals surface area (Å²) >= 11 is 5.84. The SMILES string of the molecule is COc1ccc(-c2nc3n(n2)C(CC(=O)Nc2ccc(Cl)cc2)C(=O)N3)cc1. The molecular formula is C19H16ClN5O3. The van der Waals surface area contributed by atoms with Crippen LogP contribution in [0, 0.1) is 0 Å². The van der Waals surface area contributed by atoms with Crippen LogP contribution in [0.5, 0.6) is 5.75 Å². The number of carbonyl (C=O) groups is 2. The van der Waals surface area contributed by atoms with Crippen LogP contribution < -0.4 is 15.4 Å². The fourth-order valence-electron chi connectivity index (χ4n) is 2.89. The average molecular weight is 398 g/mol. The number of halogens is 1. The molecule has 0 radical (unpaired) electrons. The van der Waals surface area contributed by atoms with Gasteiger partial charge in [-0.3, -0.25) is 14.9 Å². The van der Waals surface area contributed by atoms with Crippen molar-refractivity contribution in [3.63, 3.8) is 0 Å². The van der Waals surface area contributed by atoms with Crippen LogP contribution >= 0.6 is 11.6 Å². The number of ether oxygens (including phenoxy) is 1. The number of rotatable bonds is 5. The molecule has 2 heterocycles. The maximum Gasteiger partial charge on any atom is 0.252 e. The van der Waals surface area contributed by atoms with E-state index in [1.54, 1.807) is 43.5 Å². The Bertz CT molecular complexity index is 1030. The molecule has 0 saturated heterocycles. The summed E-state index contributed by atoms with van der Waals surface area (Å²) in [6.45, 7) is 0. The molecule has 1 aliphatic heterocycles. The highest BCUT2D eigenvalue weighted by Crippen LogP contribution is 2.29. The molecule has 8 nitrogen and oxygen atoms in total. The lowest BCUT2D eigenvalue weighted by Gasteiger charge is -2.10. The van der Waals surface area contributed by atoms with Crippen molar-refractivity contribution < 1.29 is 14.3 Å². The van der Waals surface area contributed by atoms with Crippen LogP contribution in [-0.4, -0.2) is 33.7 Å². The molecule has 1 aliphatic rings. The van der Waals surface area contributed by atoms with E-state index < -0.39 is 6.04 Å². The van der Waals surface area contributed by atoms with E-state index in [9.17, 15) is 9.59 Å². The number of hydrogen-bond acceptors (Lipinski definition) is 5. The van der Waals surface area contributed by atoms with Gasteiger partial charge in [0.05, 0.1) is 13.5 Å². The zero-order valence-electron chi connectivity index (χ0n) is 14.8. The highest BCUT2D eigenvalue weighted by Gasteiger charge is 2.35. The lowest BCUT2D eigenvalue weighted by Crippen LogP contribution is -2.23. The Morgan fingerprint density at radius 2 is 1.93 bits per heavy atom. The zero-order valence-corrected chi connectivity index (χ0v) is 15.6. The number of aromatic nitrogens is 3. The zero-order chi connectivity index (χ0) is 19.7. The topological polar surface area (TPSA) is 98.1 Å². The van der Waals surface area contributed by atoms with Crippen LogP contribution in [-0.2, 0) is 9.59 Å². The number of hydrogen-bond donors (Lipinski definition) is 2. The fourth-order valence-corrected chi connectivity index (χ4v) is 3.02. The van der Waals surface area contributed by atoms with E-state index in [1.165, 1.54) is 4.68 Å². The first-order valence-electron chi connectivity index (χ1n) is 8.51. The Labute approximate surface area is 165 Å². The number of nitrogens with one attached hydrogen (secondary N) is 2. The van der Waals surface area contributed by atoms with Crippen LogP contribution in [0.25, 0.3) is 11.4 Å². The monoisotopic (exact) mass is 397 g/mol. The molecule has 0 saturated carbocycles. The third-order valence-electron chi connectivity index (χ3n) is 4.32. The van der Waals surface area contributed by atoms with Crippen molar-refractivity contribution in [3.8, 4) is 17.1 Å². The van der Waals surface area contributed by atoms with Gasteiger partial charge in [0.25, 0.3) is 5.91 Å². The van der Waals surface area contributed by atoms with Crippen molar-refractivity contribution in [1.82, 2.24) is 14.8 Å². The van der Waals surface area contributed by atoms with Crippen molar-refractivity contribution in [3.05, 3.63) is 53.6 Å². The number of anilines is 2. The van der Waals surface area contributed by atoms with Crippen LogP contribution in [0.1, 0.15) is 12.5 Å². The minimum atomic E-state index is -0.762.